The van der Waals surface area contributed by atoms with E-state index in [1.807, 2.05) is 18.2 Å². The summed E-state index contributed by atoms with van der Waals surface area (Å²) in [5.74, 6) is 0.629. The molecule has 0 aliphatic heterocycles. The Balaban J connectivity index is 2.34. The summed E-state index contributed by atoms with van der Waals surface area (Å²) < 4.78 is 0. The summed E-state index contributed by atoms with van der Waals surface area (Å²) >= 11 is 5.89. The summed E-state index contributed by atoms with van der Waals surface area (Å²) in [6.45, 7) is 0.0452. The minimum absolute atomic E-state index is 0.0452. The monoisotopic (exact) mass is 223 g/mol. The third-order valence-electron chi connectivity index (χ3n) is 2.00. The first-order valence-corrected chi connectivity index (χ1v) is 4.95. The predicted molar refractivity (Wildman–Crippen MR) is 57.6 cm³/mol. The molecule has 2 N–H and O–H groups in total. The van der Waals surface area contributed by atoms with E-state index in [9.17, 15) is 0 Å². The summed E-state index contributed by atoms with van der Waals surface area (Å²) in [7, 11) is 0. The predicted octanol–water partition coefficient (Wildman–Crippen LogP) is 1.66. The van der Waals surface area contributed by atoms with E-state index in [1.54, 1.807) is 6.20 Å². The highest BCUT2D eigenvalue weighted by Gasteiger charge is 2.09. The summed E-state index contributed by atoms with van der Waals surface area (Å²) in [4.78, 5) is 11.3. The lowest BCUT2D eigenvalue weighted by atomic mass is 10.3. The average molecular weight is 224 g/mol. The van der Waals surface area contributed by atoms with Crippen LogP contribution in [0.3, 0.4) is 0 Å². The molecule has 15 heavy (non-hydrogen) atoms. The molecule has 0 spiro atoms. The number of nitrogens with one attached hydrogen (secondary N) is 1. The highest BCUT2D eigenvalue weighted by Crippen LogP contribution is 2.19. The van der Waals surface area contributed by atoms with Gasteiger partial charge in [0.05, 0.1) is 5.69 Å². The minimum atomic E-state index is 0.0452. The summed E-state index contributed by atoms with van der Waals surface area (Å²) in [6, 6.07) is 5.56. The molecule has 4 nitrogen and oxygen atoms in total. The largest absolute Gasteiger partial charge is 0.396 e. The molecule has 0 radical (unpaired) electrons. The second-order valence-electron chi connectivity index (χ2n) is 3.04. The molecule has 2 aromatic rings. The highest BCUT2D eigenvalue weighted by molar-refractivity contribution is 6.30. The average Bonchev–Trinajstić information content (AvgIpc) is 2.63. The quantitative estimate of drug-likeness (QED) is 0.832. The molecule has 0 unspecified atom stereocenters. The molecule has 78 valence electrons. The van der Waals surface area contributed by atoms with E-state index < -0.39 is 0 Å². The van der Waals surface area contributed by atoms with E-state index in [0.717, 1.165) is 11.4 Å². The maximum absolute atomic E-state index is 8.80. The number of H-pyrrole nitrogens is 1. The van der Waals surface area contributed by atoms with E-state index >= 15 is 0 Å². The van der Waals surface area contributed by atoms with Crippen molar-refractivity contribution in [1.29, 1.82) is 0 Å². The molecule has 0 atom stereocenters. The number of aromatic amines is 1. The Morgan fingerprint density at radius 3 is 2.93 bits per heavy atom. The number of halogens is 1. The third-order valence-corrected chi connectivity index (χ3v) is 2.31. The molecule has 0 aliphatic rings. The van der Waals surface area contributed by atoms with Crippen molar-refractivity contribution < 1.29 is 5.11 Å². The number of aliphatic hydroxyl groups is 1. The van der Waals surface area contributed by atoms with Crippen LogP contribution in [0.4, 0.5) is 0 Å². The van der Waals surface area contributed by atoms with Gasteiger partial charge in [-0.15, -0.1) is 0 Å². The zero-order valence-electron chi connectivity index (χ0n) is 7.94. The van der Waals surface area contributed by atoms with Crippen LogP contribution in [0.5, 0.6) is 0 Å². The summed E-state index contributed by atoms with van der Waals surface area (Å²) in [5, 5.41) is 9.20. The Morgan fingerprint density at radius 2 is 2.27 bits per heavy atom. The van der Waals surface area contributed by atoms with Gasteiger partial charge in [0, 0.05) is 19.2 Å². The molecule has 0 saturated carbocycles. The van der Waals surface area contributed by atoms with Crippen molar-refractivity contribution in [1.82, 2.24) is 15.0 Å². The zero-order valence-corrected chi connectivity index (χ0v) is 8.70. The van der Waals surface area contributed by atoms with Crippen molar-refractivity contribution in [2.24, 2.45) is 0 Å². The molecule has 0 aliphatic carbocycles. The molecule has 2 aromatic heterocycles. The first-order chi connectivity index (χ1) is 7.31. The molecule has 0 saturated heterocycles. The van der Waals surface area contributed by atoms with Crippen molar-refractivity contribution in [3.8, 4) is 11.5 Å². The van der Waals surface area contributed by atoms with Crippen LogP contribution in [0.15, 0.2) is 24.4 Å². The van der Waals surface area contributed by atoms with Crippen molar-refractivity contribution >= 4 is 11.6 Å². The van der Waals surface area contributed by atoms with Gasteiger partial charge < -0.3 is 10.1 Å². The van der Waals surface area contributed by atoms with E-state index in [2.05, 4.69) is 15.0 Å². The first-order valence-electron chi connectivity index (χ1n) is 4.58. The topological polar surface area (TPSA) is 61.8 Å². The maximum Gasteiger partial charge on any atom is 0.158 e. The molecular weight excluding hydrogens is 214 g/mol. The third kappa shape index (κ3) is 2.16. The SMILES string of the molecule is OCCc1[nH]c(-c2ccccn2)nc1Cl. The van der Waals surface area contributed by atoms with Gasteiger partial charge in [-0.2, -0.15) is 0 Å². The van der Waals surface area contributed by atoms with Crippen LogP contribution in [-0.2, 0) is 6.42 Å². The van der Waals surface area contributed by atoms with Crippen molar-refractivity contribution in [2.75, 3.05) is 6.61 Å². The Kier molecular flexibility index (Phi) is 2.99. The lowest BCUT2D eigenvalue weighted by Crippen LogP contribution is -1.91. The number of hydrogen-bond acceptors (Lipinski definition) is 3. The van der Waals surface area contributed by atoms with Crippen molar-refractivity contribution in [3.05, 3.63) is 35.2 Å². The smallest absolute Gasteiger partial charge is 0.158 e. The number of aromatic nitrogens is 3. The van der Waals surface area contributed by atoms with Crippen LogP contribution in [0, 0.1) is 0 Å². The van der Waals surface area contributed by atoms with Crippen molar-refractivity contribution in [2.45, 2.75) is 6.42 Å². The van der Waals surface area contributed by atoms with Gasteiger partial charge >= 0.3 is 0 Å². The minimum Gasteiger partial charge on any atom is -0.396 e. The number of pyridine rings is 1. The number of imidazole rings is 1. The van der Waals surface area contributed by atoms with E-state index in [-0.39, 0.29) is 6.61 Å². The van der Waals surface area contributed by atoms with Crippen molar-refractivity contribution in [3.63, 3.8) is 0 Å². The van der Waals surface area contributed by atoms with Crippen LogP contribution >= 0.6 is 11.6 Å². The van der Waals surface area contributed by atoms with Crippen LogP contribution in [0.25, 0.3) is 11.5 Å². The molecule has 2 rings (SSSR count). The number of rotatable bonds is 3. The Hall–Kier alpha value is -1.39. The van der Waals surface area contributed by atoms with Crippen LogP contribution in [0.1, 0.15) is 5.69 Å². The molecular formula is C10H10ClN3O. The van der Waals surface area contributed by atoms with Gasteiger partial charge in [0.1, 0.15) is 5.69 Å². The molecule has 0 bridgehead atoms. The van der Waals surface area contributed by atoms with Gasteiger partial charge in [-0.05, 0) is 12.1 Å². The van der Waals surface area contributed by atoms with Gasteiger partial charge in [-0.1, -0.05) is 17.7 Å². The summed E-state index contributed by atoms with van der Waals surface area (Å²) in [5.41, 5.74) is 1.48. The molecule has 0 fully saturated rings. The zero-order chi connectivity index (χ0) is 10.7. The summed E-state index contributed by atoms with van der Waals surface area (Å²) in [6.07, 6.45) is 2.16. The fraction of sp³-hybridized carbons (Fsp3) is 0.200. The number of aliphatic hydroxyl groups excluding tert-OH is 1. The number of hydrogen-bond donors (Lipinski definition) is 2. The van der Waals surface area contributed by atoms with Gasteiger partial charge in [0.2, 0.25) is 0 Å². The van der Waals surface area contributed by atoms with Gasteiger partial charge in [0.15, 0.2) is 11.0 Å². The van der Waals surface area contributed by atoms with Crippen LogP contribution < -0.4 is 0 Å². The fourth-order valence-corrected chi connectivity index (χ4v) is 1.52. The van der Waals surface area contributed by atoms with E-state index in [0.29, 0.717) is 17.4 Å². The maximum atomic E-state index is 8.80. The normalized spacial score (nSPS) is 10.5. The Bertz CT molecular complexity index is 441. The lowest BCUT2D eigenvalue weighted by molar-refractivity contribution is 0.298. The van der Waals surface area contributed by atoms with E-state index in [1.165, 1.54) is 0 Å². The van der Waals surface area contributed by atoms with Gasteiger partial charge in [-0.25, -0.2) is 4.98 Å². The number of nitrogens with zero attached hydrogens (tertiary/aromatic N) is 2. The standard InChI is InChI=1S/C10H10ClN3O/c11-9-7(4-6-15)13-10(14-9)8-3-1-2-5-12-8/h1-3,5,15H,4,6H2,(H,13,14). The van der Waals surface area contributed by atoms with Crippen LogP contribution in [-0.4, -0.2) is 26.7 Å². The molecule has 0 amide bonds. The highest BCUT2D eigenvalue weighted by atomic mass is 35.5. The lowest BCUT2D eigenvalue weighted by Gasteiger charge is -1.94. The Morgan fingerprint density at radius 1 is 1.40 bits per heavy atom. The van der Waals surface area contributed by atoms with Gasteiger partial charge in [0.25, 0.3) is 0 Å². The molecule has 2 heterocycles. The first kappa shape index (κ1) is 10.1. The van der Waals surface area contributed by atoms with Gasteiger partial charge in [-0.3, -0.25) is 4.98 Å². The second-order valence-corrected chi connectivity index (χ2v) is 3.40. The van der Waals surface area contributed by atoms with E-state index in [4.69, 9.17) is 16.7 Å². The fourth-order valence-electron chi connectivity index (χ4n) is 1.29. The van der Waals surface area contributed by atoms with Crippen LogP contribution in [0.2, 0.25) is 5.15 Å². The second kappa shape index (κ2) is 4.42. The molecule has 5 heteroatoms. The Labute approximate surface area is 92.0 Å². The molecule has 0 aromatic carbocycles.